The van der Waals surface area contributed by atoms with E-state index in [1.807, 2.05) is 6.92 Å². The first-order valence-electron chi connectivity index (χ1n) is 5.99. The van der Waals surface area contributed by atoms with Crippen LogP contribution in [0, 0.1) is 17.2 Å². The Morgan fingerprint density at radius 2 is 2.33 bits per heavy atom. The van der Waals surface area contributed by atoms with Gasteiger partial charge in [-0.25, -0.2) is 0 Å². The third-order valence-corrected chi connectivity index (χ3v) is 2.94. The Labute approximate surface area is 93.0 Å². The van der Waals surface area contributed by atoms with Crippen LogP contribution in [0.1, 0.15) is 33.1 Å². The molecule has 0 aliphatic carbocycles. The van der Waals surface area contributed by atoms with E-state index < -0.39 is 0 Å². The molecular formula is C12H22N2O. The first-order valence-corrected chi connectivity index (χ1v) is 5.99. The van der Waals surface area contributed by atoms with Gasteiger partial charge < -0.3 is 4.74 Å². The molecule has 3 heteroatoms. The van der Waals surface area contributed by atoms with Crippen LogP contribution in [0.2, 0.25) is 0 Å². The molecule has 1 rings (SSSR count). The van der Waals surface area contributed by atoms with Crippen LogP contribution < -0.4 is 0 Å². The third kappa shape index (κ3) is 4.63. The zero-order valence-corrected chi connectivity index (χ0v) is 9.91. The molecule has 0 aromatic rings. The quantitative estimate of drug-likeness (QED) is 0.696. The molecule has 1 fully saturated rings. The number of likely N-dealkylation sites (N-methyl/N-ethyl adjacent to an activating group) is 1. The smallest absolute Gasteiger partial charge is 0.0702 e. The van der Waals surface area contributed by atoms with Crippen molar-refractivity contribution in [2.75, 3.05) is 26.2 Å². The van der Waals surface area contributed by atoms with Crippen LogP contribution in [0.25, 0.3) is 0 Å². The highest BCUT2D eigenvalue weighted by atomic mass is 16.5. The molecule has 15 heavy (non-hydrogen) atoms. The number of rotatable bonds is 5. The van der Waals surface area contributed by atoms with E-state index in [9.17, 15) is 0 Å². The predicted octanol–water partition coefficient (Wildman–Crippen LogP) is 2.04. The van der Waals surface area contributed by atoms with Crippen molar-refractivity contribution in [3.63, 3.8) is 0 Å². The van der Waals surface area contributed by atoms with Crippen molar-refractivity contribution in [3.05, 3.63) is 0 Å². The van der Waals surface area contributed by atoms with Gasteiger partial charge in [-0.05, 0) is 32.7 Å². The van der Waals surface area contributed by atoms with E-state index in [1.165, 1.54) is 19.3 Å². The van der Waals surface area contributed by atoms with Crippen molar-refractivity contribution in [2.24, 2.45) is 5.92 Å². The highest BCUT2D eigenvalue weighted by molar-refractivity contribution is 4.82. The summed E-state index contributed by atoms with van der Waals surface area (Å²) in [5, 5.41) is 8.78. The molecule has 0 amide bonds. The van der Waals surface area contributed by atoms with Gasteiger partial charge in [0.05, 0.1) is 18.1 Å². The van der Waals surface area contributed by atoms with Crippen LogP contribution >= 0.6 is 0 Å². The Balaban J connectivity index is 2.29. The van der Waals surface area contributed by atoms with Gasteiger partial charge in [0, 0.05) is 19.7 Å². The van der Waals surface area contributed by atoms with Gasteiger partial charge in [0.1, 0.15) is 0 Å². The van der Waals surface area contributed by atoms with Crippen LogP contribution in [0.4, 0.5) is 0 Å². The Hall–Kier alpha value is -0.590. The lowest BCUT2D eigenvalue weighted by molar-refractivity contribution is -0.00591. The Morgan fingerprint density at radius 1 is 1.53 bits per heavy atom. The normalized spacial score (nSPS) is 23.7. The van der Waals surface area contributed by atoms with Gasteiger partial charge in [0.25, 0.3) is 0 Å². The second kappa shape index (κ2) is 6.81. The van der Waals surface area contributed by atoms with Gasteiger partial charge in [-0.2, -0.15) is 5.26 Å². The van der Waals surface area contributed by atoms with Crippen LogP contribution in [0.3, 0.4) is 0 Å². The molecule has 0 bridgehead atoms. The minimum atomic E-state index is 0.119. The fourth-order valence-corrected chi connectivity index (χ4v) is 2.00. The highest BCUT2D eigenvalue weighted by Crippen LogP contribution is 2.14. The summed E-state index contributed by atoms with van der Waals surface area (Å²) in [7, 11) is 0. The Kier molecular flexibility index (Phi) is 5.67. The average molecular weight is 210 g/mol. The van der Waals surface area contributed by atoms with E-state index in [2.05, 4.69) is 17.9 Å². The number of nitriles is 1. The fraction of sp³-hybridized carbons (Fsp3) is 0.917. The van der Waals surface area contributed by atoms with E-state index in [0.29, 0.717) is 6.10 Å². The standard InChI is InChI=1S/C12H22N2O/c1-3-14(9-11(2)8-13)10-12-6-4-5-7-15-12/h11-12H,3-7,9-10H2,1-2H3. The maximum Gasteiger partial charge on any atom is 0.0702 e. The Morgan fingerprint density at radius 3 is 2.87 bits per heavy atom. The van der Waals surface area contributed by atoms with E-state index >= 15 is 0 Å². The van der Waals surface area contributed by atoms with Crippen molar-refractivity contribution in [1.82, 2.24) is 4.90 Å². The molecule has 1 saturated heterocycles. The molecule has 0 spiro atoms. The van der Waals surface area contributed by atoms with Crippen LogP contribution in [0.5, 0.6) is 0 Å². The molecular weight excluding hydrogens is 188 g/mol. The lowest BCUT2D eigenvalue weighted by Gasteiger charge is -2.29. The minimum absolute atomic E-state index is 0.119. The minimum Gasteiger partial charge on any atom is -0.377 e. The van der Waals surface area contributed by atoms with Gasteiger partial charge in [-0.1, -0.05) is 6.92 Å². The van der Waals surface area contributed by atoms with E-state index in [1.54, 1.807) is 0 Å². The van der Waals surface area contributed by atoms with E-state index in [0.717, 1.165) is 26.2 Å². The molecule has 1 aliphatic rings. The fourth-order valence-electron chi connectivity index (χ4n) is 2.00. The van der Waals surface area contributed by atoms with Crippen LogP contribution in [-0.4, -0.2) is 37.2 Å². The maximum absolute atomic E-state index is 8.78. The van der Waals surface area contributed by atoms with E-state index in [-0.39, 0.29) is 5.92 Å². The molecule has 0 saturated carbocycles. The van der Waals surface area contributed by atoms with Gasteiger partial charge >= 0.3 is 0 Å². The summed E-state index contributed by atoms with van der Waals surface area (Å²) in [5.74, 6) is 0.119. The summed E-state index contributed by atoms with van der Waals surface area (Å²) in [6, 6.07) is 2.28. The summed E-state index contributed by atoms with van der Waals surface area (Å²) >= 11 is 0. The first-order chi connectivity index (χ1) is 7.26. The predicted molar refractivity (Wildman–Crippen MR) is 60.5 cm³/mol. The maximum atomic E-state index is 8.78. The summed E-state index contributed by atoms with van der Waals surface area (Å²) in [5.41, 5.74) is 0. The molecule has 1 heterocycles. The zero-order valence-electron chi connectivity index (χ0n) is 9.91. The molecule has 3 nitrogen and oxygen atoms in total. The largest absolute Gasteiger partial charge is 0.377 e. The average Bonchev–Trinajstić information content (AvgIpc) is 2.29. The molecule has 0 radical (unpaired) electrons. The molecule has 86 valence electrons. The van der Waals surface area contributed by atoms with Gasteiger partial charge in [0.15, 0.2) is 0 Å². The summed E-state index contributed by atoms with van der Waals surface area (Å²) < 4.78 is 5.70. The second-order valence-corrected chi connectivity index (χ2v) is 4.37. The first kappa shape index (κ1) is 12.5. The SMILES string of the molecule is CCN(CC(C)C#N)CC1CCCCO1. The zero-order chi connectivity index (χ0) is 11.1. The Bertz CT molecular complexity index is 206. The van der Waals surface area contributed by atoms with Crippen molar-refractivity contribution in [3.8, 4) is 6.07 Å². The highest BCUT2D eigenvalue weighted by Gasteiger charge is 2.17. The van der Waals surface area contributed by atoms with Crippen LogP contribution in [0.15, 0.2) is 0 Å². The summed E-state index contributed by atoms with van der Waals surface area (Å²) in [6.45, 7) is 7.90. The third-order valence-electron chi connectivity index (χ3n) is 2.94. The number of ether oxygens (including phenoxy) is 1. The lowest BCUT2D eigenvalue weighted by atomic mass is 10.1. The number of hydrogen-bond acceptors (Lipinski definition) is 3. The molecule has 0 N–H and O–H groups in total. The summed E-state index contributed by atoms with van der Waals surface area (Å²) in [4.78, 5) is 2.32. The van der Waals surface area contributed by atoms with Crippen molar-refractivity contribution >= 4 is 0 Å². The molecule has 0 aromatic heterocycles. The lowest BCUT2D eigenvalue weighted by Crippen LogP contribution is -2.37. The molecule has 2 unspecified atom stereocenters. The van der Waals surface area contributed by atoms with Crippen molar-refractivity contribution < 1.29 is 4.74 Å². The number of nitrogens with zero attached hydrogens (tertiary/aromatic N) is 2. The van der Waals surface area contributed by atoms with Gasteiger partial charge in [0.2, 0.25) is 0 Å². The van der Waals surface area contributed by atoms with Crippen molar-refractivity contribution in [2.45, 2.75) is 39.2 Å². The van der Waals surface area contributed by atoms with Crippen molar-refractivity contribution in [1.29, 1.82) is 5.26 Å². The van der Waals surface area contributed by atoms with Gasteiger partial charge in [-0.15, -0.1) is 0 Å². The number of hydrogen-bond donors (Lipinski definition) is 0. The van der Waals surface area contributed by atoms with E-state index in [4.69, 9.17) is 10.00 Å². The molecule has 1 aliphatic heterocycles. The topological polar surface area (TPSA) is 36.3 Å². The molecule has 0 aromatic carbocycles. The molecule has 2 atom stereocenters. The monoisotopic (exact) mass is 210 g/mol. The van der Waals surface area contributed by atoms with Crippen LogP contribution in [-0.2, 0) is 4.74 Å². The van der Waals surface area contributed by atoms with Gasteiger partial charge in [-0.3, -0.25) is 4.90 Å². The second-order valence-electron chi connectivity index (χ2n) is 4.37. The summed E-state index contributed by atoms with van der Waals surface area (Å²) in [6.07, 6.45) is 4.06.